The number of carboxylic acid groups (broad SMARTS) is 1. The molecule has 1 aromatic carbocycles. The SMILES string of the molecule is CC1CCC(Oc2ccc(C(=O)O)cc2[N+](=O)[O-])CC1. The fourth-order valence-electron chi connectivity index (χ4n) is 2.42. The van der Waals surface area contributed by atoms with Crippen molar-refractivity contribution in [2.24, 2.45) is 5.92 Å². The van der Waals surface area contributed by atoms with E-state index in [0.29, 0.717) is 5.92 Å². The molecule has 0 unspecified atom stereocenters. The van der Waals surface area contributed by atoms with Gasteiger partial charge in [0, 0.05) is 6.07 Å². The van der Waals surface area contributed by atoms with Crippen molar-refractivity contribution in [3.05, 3.63) is 33.9 Å². The van der Waals surface area contributed by atoms with Crippen LogP contribution in [0.5, 0.6) is 5.75 Å². The van der Waals surface area contributed by atoms with E-state index in [1.165, 1.54) is 12.1 Å². The first-order valence-corrected chi connectivity index (χ1v) is 6.65. The molecule has 108 valence electrons. The molecule has 6 nitrogen and oxygen atoms in total. The number of hydrogen-bond donors (Lipinski definition) is 1. The Labute approximate surface area is 116 Å². The van der Waals surface area contributed by atoms with Crippen LogP contribution in [0.25, 0.3) is 0 Å². The normalized spacial score (nSPS) is 22.2. The van der Waals surface area contributed by atoms with E-state index >= 15 is 0 Å². The highest BCUT2D eigenvalue weighted by molar-refractivity contribution is 5.88. The van der Waals surface area contributed by atoms with Crippen LogP contribution in [0, 0.1) is 16.0 Å². The summed E-state index contributed by atoms with van der Waals surface area (Å²) in [6.45, 7) is 2.18. The zero-order valence-electron chi connectivity index (χ0n) is 11.2. The fourth-order valence-corrected chi connectivity index (χ4v) is 2.42. The van der Waals surface area contributed by atoms with Crippen molar-refractivity contribution < 1.29 is 19.6 Å². The zero-order valence-corrected chi connectivity index (χ0v) is 11.2. The van der Waals surface area contributed by atoms with E-state index in [1.807, 2.05) is 0 Å². The van der Waals surface area contributed by atoms with Gasteiger partial charge in [0.15, 0.2) is 5.75 Å². The largest absolute Gasteiger partial charge is 0.484 e. The Bertz CT molecular complexity index is 520. The molecule has 0 aromatic heterocycles. The number of nitrogens with zero attached hydrogens (tertiary/aromatic N) is 1. The zero-order chi connectivity index (χ0) is 14.7. The molecule has 0 heterocycles. The molecule has 1 aromatic rings. The second kappa shape index (κ2) is 5.90. The minimum atomic E-state index is -1.19. The lowest BCUT2D eigenvalue weighted by molar-refractivity contribution is -0.386. The Kier molecular flexibility index (Phi) is 4.22. The maximum absolute atomic E-state index is 11.0. The second-order valence-electron chi connectivity index (χ2n) is 5.24. The number of rotatable bonds is 4. The van der Waals surface area contributed by atoms with Crippen LogP contribution in [-0.4, -0.2) is 22.1 Å². The van der Waals surface area contributed by atoms with Gasteiger partial charge in [0.2, 0.25) is 0 Å². The van der Waals surface area contributed by atoms with Crippen LogP contribution >= 0.6 is 0 Å². The molecule has 0 aliphatic heterocycles. The van der Waals surface area contributed by atoms with Gasteiger partial charge in [-0.25, -0.2) is 4.79 Å². The number of ether oxygens (including phenoxy) is 1. The van der Waals surface area contributed by atoms with Gasteiger partial charge in [0.25, 0.3) is 0 Å². The molecule has 20 heavy (non-hydrogen) atoms. The lowest BCUT2D eigenvalue weighted by Crippen LogP contribution is -2.23. The van der Waals surface area contributed by atoms with Crippen molar-refractivity contribution in [1.29, 1.82) is 0 Å². The van der Waals surface area contributed by atoms with E-state index in [2.05, 4.69) is 6.92 Å². The molecule has 6 heteroatoms. The van der Waals surface area contributed by atoms with Crippen LogP contribution in [0.2, 0.25) is 0 Å². The van der Waals surface area contributed by atoms with Gasteiger partial charge in [-0.15, -0.1) is 0 Å². The van der Waals surface area contributed by atoms with Crippen molar-refractivity contribution in [2.45, 2.75) is 38.7 Å². The number of hydrogen-bond acceptors (Lipinski definition) is 4. The van der Waals surface area contributed by atoms with Gasteiger partial charge < -0.3 is 9.84 Å². The van der Waals surface area contributed by atoms with Gasteiger partial charge in [-0.2, -0.15) is 0 Å². The van der Waals surface area contributed by atoms with Crippen molar-refractivity contribution in [3.8, 4) is 5.75 Å². The molecule has 0 atom stereocenters. The number of benzene rings is 1. The third-order valence-electron chi connectivity index (χ3n) is 3.66. The molecule has 0 amide bonds. The molecular formula is C14H17NO5. The average molecular weight is 279 g/mol. The first kappa shape index (κ1) is 14.3. The minimum Gasteiger partial charge on any atom is -0.484 e. The van der Waals surface area contributed by atoms with Gasteiger partial charge in [0.1, 0.15) is 0 Å². The van der Waals surface area contributed by atoms with Crippen LogP contribution in [-0.2, 0) is 0 Å². The van der Waals surface area contributed by atoms with E-state index in [9.17, 15) is 14.9 Å². The lowest BCUT2D eigenvalue weighted by Gasteiger charge is -2.26. The van der Waals surface area contributed by atoms with Crippen LogP contribution in [0.1, 0.15) is 43.0 Å². The molecule has 0 radical (unpaired) electrons. The summed E-state index contributed by atoms with van der Waals surface area (Å²) in [6, 6.07) is 3.75. The van der Waals surface area contributed by atoms with E-state index in [-0.39, 0.29) is 23.1 Å². The summed E-state index contributed by atoms with van der Waals surface area (Å²) in [6.07, 6.45) is 3.82. The Morgan fingerprint density at radius 3 is 2.55 bits per heavy atom. The molecule has 0 saturated heterocycles. The van der Waals surface area contributed by atoms with Gasteiger partial charge in [-0.3, -0.25) is 10.1 Å². The quantitative estimate of drug-likeness (QED) is 0.675. The summed E-state index contributed by atoms with van der Waals surface area (Å²) in [7, 11) is 0. The van der Waals surface area contributed by atoms with Crippen LogP contribution < -0.4 is 4.74 Å². The number of aromatic carboxylic acids is 1. The summed E-state index contributed by atoms with van der Waals surface area (Å²) >= 11 is 0. The number of nitro benzene ring substituents is 1. The molecule has 1 saturated carbocycles. The van der Waals surface area contributed by atoms with Gasteiger partial charge in [-0.05, 0) is 43.7 Å². The van der Waals surface area contributed by atoms with Crippen LogP contribution in [0.3, 0.4) is 0 Å². The molecular weight excluding hydrogens is 262 g/mol. The predicted octanol–water partition coefficient (Wildman–Crippen LogP) is 3.25. The standard InChI is InChI=1S/C14H17NO5/c1-9-2-5-11(6-3-9)20-13-7-4-10(14(16)17)8-12(13)15(18)19/h4,7-9,11H,2-3,5-6H2,1H3,(H,16,17). The average Bonchev–Trinajstić information content (AvgIpc) is 2.41. The van der Waals surface area contributed by atoms with Crippen LogP contribution in [0.4, 0.5) is 5.69 Å². The molecule has 2 rings (SSSR count). The van der Waals surface area contributed by atoms with E-state index in [4.69, 9.17) is 9.84 Å². The highest BCUT2D eigenvalue weighted by Gasteiger charge is 2.24. The summed E-state index contributed by atoms with van der Waals surface area (Å²) in [5, 5.41) is 19.9. The third kappa shape index (κ3) is 3.26. The van der Waals surface area contributed by atoms with Crippen LogP contribution in [0.15, 0.2) is 18.2 Å². The summed E-state index contributed by atoms with van der Waals surface area (Å²) in [5.41, 5.74) is -0.398. The first-order chi connectivity index (χ1) is 9.47. The third-order valence-corrected chi connectivity index (χ3v) is 3.66. The molecule has 0 spiro atoms. The molecule has 1 fully saturated rings. The van der Waals surface area contributed by atoms with Crippen molar-refractivity contribution in [1.82, 2.24) is 0 Å². The fraction of sp³-hybridized carbons (Fsp3) is 0.500. The molecule has 0 bridgehead atoms. The Morgan fingerprint density at radius 2 is 2.00 bits per heavy atom. The van der Waals surface area contributed by atoms with Gasteiger partial charge in [-0.1, -0.05) is 6.92 Å². The van der Waals surface area contributed by atoms with E-state index in [0.717, 1.165) is 31.7 Å². The minimum absolute atomic E-state index is 0.0272. The second-order valence-corrected chi connectivity index (χ2v) is 5.24. The molecule has 1 aliphatic carbocycles. The van der Waals surface area contributed by atoms with Crippen molar-refractivity contribution in [3.63, 3.8) is 0 Å². The van der Waals surface area contributed by atoms with E-state index < -0.39 is 10.9 Å². The monoisotopic (exact) mass is 279 g/mol. The molecule has 1 aliphatic rings. The Morgan fingerprint density at radius 1 is 1.35 bits per heavy atom. The van der Waals surface area contributed by atoms with Crippen molar-refractivity contribution >= 4 is 11.7 Å². The maximum atomic E-state index is 11.0. The molecule has 1 N–H and O–H groups in total. The number of carboxylic acids is 1. The van der Waals surface area contributed by atoms with Crippen molar-refractivity contribution in [2.75, 3.05) is 0 Å². The smallest absolute Gasteiger partial charge is 0.335 e. The highest BCUT2D eigenvalue weighted by atomic mass is 16.6. The Balaban J connectivity index is 2.18. The van der Waals surface area contributed by atoms with Gasteiger partial charge >= 0.3 is 11.7 Å². The number of nitro groups is 1. The Hall–Kier alpha value is -2.11. The first-order valence-electron chi connectivity index (χ1n) is 6.65. The number of carbonyl (C=O) groups is 1. The lowest BCUT2D eigenvalue weighted by atomic mass is 9.89. The summed E-state index contributed by atoms with van der Waals surface area (Å²) in [4.78, 5) is 21.3. The van der Waals surface area contributed by atoms with E-state index in [1.54, 1.807) is 0 Å². The summed E-state index contributed by atoms with van der Waals surface area (Å²) < 4.78 is 5.70. The summed E-state index contributed by atoms with van der Waals surface area (Å²) in [5.74, 6) is -0.370. The topological polar surface area (TPSA) is 89.7 Å². The maximum Gasteiger partial charge on any atom is 0.335 e. The van der Waals surface area contributed by atoms with Gasteiger partial charge in [0.05, 0.1) is 16.6 Å². The predicted molar refractivity (Wildman–Crippen MR) is 72.1 cm³/mol. The highest BCUT2D eigenvalue weighted by Crippen LogP contribution is 2.33.